The summed E-state index contributed by atoms with van der Waals surface area (Å²) in [5, 5.41) is 7.40. The molecule has 2 heterocycles. The van der Waals surface area contributed by atoms with E-state index in [-0.39, 0.29) is 4.90 Å². The van der Waals surface area contributed by atoms with Crippen LogP contribution in [-0.4, -0.2) is 61.9 Å². The van der Waals surface area contributed by atoms with Gasteiger partial charge in [-0.05, 0) is 19.4 Å². The van der Waals surface area contributed by atoms with Crippen molar-refractivity contribution in [3.63, 3.8) is 0 Å². The molecule has 0 bridgehead atoms. The lowest BCUT2D eigenvalue weighted by molar-refractivity contribution is 0.148. The third-order valence-electron chi connectivity index (χ3n) is 3.37. The first-order chi connectivity index (χ1) is 10.1. The van der Waals surface area contributed by atoms with Crippen molar-refractivity contribution in [3.8, 4) is 0 Å². The van der Waals surface area contributed by atoms with Crippen molar-refractivity contribution >= 4 is 10.0 Å². The fraction of sp³-hybridized carbons (Fsp3) is 0.769. The molecule has 0 atom stereocenters. The minimum absolute atomic E-state index is 0.264. The molecule has 7 nitrogen and oxygen atoms in total. The highest BCUT2D eigenvalue weighted by Gasteiger charge is 2.26. The van der Waals surface area contributed by atoms with Gasteiger partial charge in [-0.2, -0.15) is 9.40 Å². The van der Waals surface area contributed by atoms with Crippen LogP contribution in [0.25, 0.3) is 0 Å². The van der Waals surface area contributed by atoms with E-state index in [0.717, 1.165) is 25.9 Å². The van der Waals surface area contributed by atoms with Gasteiger partial charge in [-0.3, -0.25) is 4.68 Å². The summed E-state index contributed by atoms with van der Waals surface area (Å²) in [6.07, 6.45) is 4.85. The average molecular weight is 316 g/mol. The molecule has 0 aromatic carbocycles. The average Bonchev–Trinajstić information content (AvgIpc) is 2.77. The van der Waals surface area contributed by atoms with E-state index in [4.69, 9.17) is 4.74 Å². The van der Waals surface area contributed by atoms with Crippen LogP contribution in [0.15, 0.2) is 17.3 Å². The zero-order valence-corrected chi connectivity index (χ0v) is 13.3. The molecule has 0 unspecified atom stereocenters. The number of nitrogens with one attached hydrogen (secondary N) is 1. The highest BCUT2D eigenvalue weighted by molar-refractivity contribution is 7.89. The van der Waals surface area contributed by atoms with Gasteiger partial charge in [0, 0.05) is 32.4 Å². The molecule has 0 spiro atoms. The van der Waals surface area contributed by atoms with Crippen LogP contribution in [0.1, 0.15) is 19.8 Å². The first-order valence-electron chi connectivity index (χ1n) is 7.45. The third-order valence-corrected chi connectivity index (χ3v) is 5.22. The Kier molecular flexibility index (Phi) is 6.16. The maximum absolute atomic E-state index is 12.5. The van der Waals surface area contributed by atoms with Gasteiger partial charge in [-0.1, -0.05) is 6.92 Å². The smallest absolute Gasteiger partial charge is 0.246 e. The van der Waals surface area contributed by atoms with E-state index in [0.29, 0.717) is 32.8 Å². The van der Waals surface area contributed by atoms with Crippen LogP contribution in [0.4, 0.5) is 0 Å². The van der Waals surface area contributed by atoms with Crippen LogP contribution in [0.5, 0.6) is 0 Å². The van der Waals surface area contributed by atoms with E-state index in [1.165, 1.54) is 10.5 Å². The molecular weight excluding hydrogens is 292 g/mol. The molecule has 1 aromatic rings. The largest absolute Gasteiger partial charge is 0.380 e. The normalized spacial score (nSPS) is 17.8. The predicted octanol–water partition coefficient (Wildman–Crippen LogP) is 0.294. The van der Waals surface area contributed by atoms with E-state index >= 15 is 0 Å². The maximum atomic E-state index is 12.5. The molecule has 0 aliphatic carbocycles. The second-order valence-electron chi connectivity index (χ2n) is 5.06. The summed E-state index contributed by atoms with van der Waals surface area (Å²) < 4.78 is 33.5. The van der Waals surface area contributed by atoms with E-state index in [1.54, 1.807) is 10.9 Å². The van der Waals surface area contributed by atoms with Crippen molar-refractivity contribution in [2.75, 3.05) is 39.4 Å². The second kappa shape index (κ2) is 7.88. The summed E-state index contributed by atoms with van der Waals surface area (Å²) in [4.78, 5) is 0.264. The van der Waals surface area contributed by atoms with Gasteiger partial charge in [0.05, 0.1) is 19.3 Å². The summed E-state index contributed by atoms with van der Waals surface area (Å²) in [6.45, 7) is 6.50. The molecular formula is C13H24N4O3S. The van der Waals surface area contributed by atoms with Crippen LogP contribution in [0.2, 0.25) is 0 Å². The Hall–Kier alpha value is -0.960. The summed E-state index contributed by atoms with van der Waals surface area (Å²) in [5.41, 5.74) is 0. The standard InChI is InChI=1S/C13H24N4O3S/c1-2-4-14-5-7-16-12-13(11-15-16)21(18,19)17-6-3-9-20-10-8-17/h11-12,14H,2-10H2,1H3. The number of ether oxygens (including phenoxy) is 1. The van der Waals surface area contributed by atoms with Gasteiger partial charge in [0.25, 0.3) is 0 Å². The molecule has 1 aromatic heterocycles. The topological polar surface area (TPSA) is 76.5 Å². The predicted molar refractivity (Wildman–Crippen MR) is 79.6 cm³/mol. The first kappa shape index (κ1) is 16.4. The lowest BCUT2D eigenvalue weighted by Crippen LogP contribution is -2.33. The van der Waals surface area contributed by atoms with Gasteiger partial charge in [0.2, 0.25) is 10.0 Å². The van der Waals surface area contributed by atoms with Crippen LogP contribution >= 0.6 is 0 Å². The Balaban J connectivity index is 1.98. The Labute approximate surface area is 126 Å². The summed E-state index contributed by atoms with van der Waals surface area (Å²) >= 11 is 0. The highest BCUT2D eigenvalue weighted by Crippen LogP contribution is 2.16. The molecule has 1 aliphatic heterocycles. The van der Waals surface area contributed by atoms with Gasteiger partial charge >= 0.3 is 0 Å². The molecule has 0 radical (unpaired) electrons. The number of nitrogens with zero attached hydrogens (tertiary/aromatic N) is 3. The van der Waals surface area contributed by atoms with Gasteiger partial charge in [-0.15, -0.1) is 0 Å². The quantitative estimate of drug-likeness (QED) is 0.732. The lowest BCUT2D eigenvalue weighted by atomic mass is 10.5. The Morgan fingerprint density at radius 3 is 3.00 bits per heavy atom. The monoisotopic (exact) mass is 316 g/mol. The molecule has 2 rings (SSSR count). The van der Waals surface area contributed by atoms with Crippen LogP contribution < -0.4 is 5.32 Å². The van der Waals surface area contributed by atoms with Crippen molar-refractivity contribution in [1.29, 1.82) is 0 Å². The highest BCUT2D eigenvalue weighted by atomic mass is 32.2. The van der Waals surface area contributed by atoms with Gasteiger partial charge < -0.3 is 10.1 Å². The molecule has 120 valence electrons. The molecule has 1 fully saturated rings. The maximum Gasteiger partial charge on any atom is 0.246 e. The SMILES string of the molecule is CCCNCCn1cc(S(=O)(=O)N2CCCOCC2)cn1. The minimum atomic E-state index is -3.45. The Morgan fingerprint density at radius 1 is 1.33 bits per heavy atom. The van der Waals surface area contributed by atoms with Crippen molar-refractivity contribution in [2.24, 2.45) is 0 Å². The van der Waals surface area contributed by atoms with Crippen molar-refractivity contribution in [2.45, 2.75) is 31.2 Å². The number of rotatable bonds is 7. The molecule has 0 amide bonds. The van der Waals surface area contributed by atoms with Crippen molar-refractivity contribution in [3.05, 3.63) is 12.4 Å². The third kappa shape index (κ3) is 4.50. The molecule has 1 N–H and O–H groups in total. The summed E-state index contributed by atoms with van der Waals surface area (Å²) in [6, 6.07) is 0. The number of sulfonamides is 1. The van der Waals surface area contributed by atoms with E-state index < -0.39 is 10.0 Å². The molecule has 0 saturated carbocycles. The van der Waals surface area contributed by atoms with Crippen LogP contribution in [0.3, 0.4) is 0 Å². The lowest BCUT2D eigenvalue weighted by Gasteiger charge is -2.17. The number of hydrogen-bond donors (Lipinski definition) is 1. The number of aromatic nitrogens is 2. The van der Waals surface area contributed by atoms with E-state index in [2.05, 4.69) is 17.3 Å². The van der Waals surface area contributed by atoms with Crippen LogP contribution in [-0.2, 0) is 21.3 Å². The van der Waals surface area contributed by atoms with Gasteiger partial charge in [-0.25, -0.2) is 8.42 Å². The Bertz CT molecular complexity index is 521. The van der Waals surface area contributed by atoms with E-state index in [1.807, 2.05) is 0 Å². The summed E-state index contributed by atoms with van der Waals surface area (Å²) in [5.74, 6) is 0. The van der Waals surface area contributed by atoms with Crippen molar-refractivity contribution < 1.29 is 13.2 Å². The molecule has 1 aliphatic rings. The van der Waals surface area contributed by atoms with E-state index in [9.17, 15) is 8.42 Å². The molecule has 1 saturated heterocycles. The fourth-order valence-corrected chi connectivity index (χ4v) is 3.63. The van der Waals surface area contributed by atoms with Gasteiger partial charge in [0.15, 0.2) is 0 Å². The first-order valence-corrected chi connectivity index (χ1v) is 8.89. The molecule has 8 heteroatoms. The molecule has 21 heavy (non-hydrogen) atoms. The second-order valence-corrected chi connectivity index (χ2v) is 7.00. The van der Waals surface area contributed by atoms with Crippen LogP contribution in [0, 0.1) is 0 Å². The number of hydrogen-bond acceptors (Lipinski definition) is 5. The van der Waals surface area contributed by atoms with Crippen molar-refractivity contribution in [1.82, 2.24) is 19.4 Å². The zero-order chi connectivity index (χ0) is 15.1. The zero-order valence-electron chi connectivity index (χ0n) is 12.5. The van der Waals surface area contributed by atoms with Gasteiger partial charge in [0.1, 0.15) is 4.90 Å². The Morgan fingerprint density at radius 2 is 2.19 bits per heavy atom. The fourth-order valence-electron chi connectivity index (χ4n) is 2.21. The summed E-state index contributed by atoms with van der Waals surface area (Å²) in [7, 11) is -3.45. The minimum Gasteiger partial charge on any atom is -0.380 e.